The molecule has 0 aliphatic carbocycles. The lowest BCUT2D eigenvalue weighted by Crippen LogP contribution is -2.11. The van der Waals surface area contributed by atoms with Gasteiger partial charge < -0.3 is 28.4 Å². The number of ether oxygens (including phenoxy) is 6. The highest BCUT2D eigenvalue weighted by Crippen LogP contribution is 2.36. The van der Waals surface area contributed by atoms with Crippen molar-refractivity contribution in [3.05, 3.63) is 177 Å². The van der Waals surface area contributed by atoms with Crippen LogP contribution in [0.25, 0.3) is 0 Å². The number of hydrogen-bond acceptors (Lipinski definition) is 6. The van der Waals surface area contributed by atoms with Crippen molar-refractivity contribution in [1.82, 2.24) is 0 Å². The van der Waals surface area contributed by atoms with Crippen LogP contribution in [0.5, 0.6) is 34.5 Å². The summed E-state index contributed by atoms with van der Waals surface area (Å²) in [7, 11) is 0. The van der Waals surface area contributed by atoms with Crippen molar-refractivity contribution in [2.45, 2.75) is 104 Å². The molecule has 0 fully saturated rings. The van der Waals surface area contributed by atoms with Crippen molar-refractivity contribution in [3.63, 3.8) is 0 Å². The van der Waals surface area contributed by atoms with Crippen LogP contribution in [0.1, 0.15) is 114 Å². The quantitative estimate of drug-likeness (QED) is 0.152. The average molecular weight is 861 g/mol. The van der Waals surface area contributed by atoms with Crippen LogP contribution in [-0.4, -0.2) is 39.6 Å². The third kappa shape index (κ3) is 12.9. The molecule has 0 saturated carbocycles. The lowest BCUT2D eigenvalue weighted by Gasteiger charge is -2.23. The molecule has 6 heterocycles. The molecule has 0 bridgehead atoms. The normalized spacial score (nSPS) is 18.6. The van der Waals surface area contributed by atoms with E-state index in [1.165, 1.54) is 62.9 Å². The lowest BCUT2D eigenvalue weighted by atomic mass is 9.94. The van der Waals surface area contributed by atoms with Crippen molar-refractivity contribution in [3.8, 4) is 34.5 Å². The van der Waals surface area contributed by atoms with Crippen LogP contribution in [0, 0.1) is 20.8 Å². The largest absolute Gasteiger partial charge is 0.493 e. The van der Waals surface area contributed by atoms with E-state index < -0.39 is 0 Å². The summed E-state index contributed by atoms with van der Waals surface area (Å²) in [6.07, 6.45) is 8.06. The highest BCUT2D eigenvalue weighted by molar-refractivity contribution is 5.43. The fourth-order valence-electron chi connectivity index (χ4n) is 8.54. The topological polar surface area (TPSA) is 55.4 Å². The Balaban J connectivity index is 0.000000115. The van der Waals surface area contributed by atoms with Crippen LogP contribution in [0.3, 0.4) is 0 Å². The Bertz CT molecular complexity index is 2220. The van der Waals surface area contributed by atoms with Crippen molar-refractivity contribution in [2.24, 2.45) is 0 Å². The first-order valence-electron chi connectivity index (χ1n) is 23.5. The Labute approximate surface area is 382 Å². The van der Waals surface area contributed by atoms with Crippen molar-refractivity contribution >= 4 is 0 Å². The summed E-state index contributed by atoms with van der Waals surface area (Å²) >= 11 is 0. The highest BCUT2D eigenvalue weighted by atomic mass is 16.5. The molecule has 6 aliphatic rings. The summed E-state index contributed by atoms with van der Waals surface area (Å²) in [5.41, 5.74) is 12.0. The van der Waals surface area contributed by atoms with Gasteiger partial charge in [-0.3, -0.25) is 0 Å². The van der Waals surface area contributed by atoms with Crippen molar-refractivity contribution in [2.75, 3.05) is 39.6 Å². The molecule has 0 spiro atoms. The molecule has 0 radical (unpaired) electrons. The summed E-state index contributed by atoms with van der Waals surface area (Å²) in [6.45, 7) is 18.2. The molecule has 6 nitrogen and oxygen atoms in total. The monoisotopic (exact) mass is 861 g/mol. The second-order valence-corrected chi connectivity index (χ2v) is 17.7. The molecular formula is C58H68O6. The first-order chi connectivity index (χ1) is 31.2. The maximum Gasteiger partial charge on any atom is 0.123 e. The number of hydrogen-bond donors (Lipinski definition) is 0. The molecule has 6 aromatic rings. The SMILES string of the molecule is Cc1ccc2c(c1)OCCC2C.Cc1ccc2c(c1)OCC[C@H]2C.Cc1ccc2c(c1)OC[C@H]2C.c1ccc2c(c1)CCCO2.c1ccc2c(c1)CCCO2.c1ccc2c(c1)CCO2. The molecule has 0 saturated heterocycles. The van der Waals surface area contributed by atoms with E-state index in [0.717, 1.165) is 106 Å². The Hall–Kier alpha value is -5.88. The van der Waals surface area contributed by atoms with Gasteiger partial charge in [0.1, 0.15) is 34.5 Å². The lowest BCUT2D eigenvalue weighted by molar-refractivity contribution is 0.272. The second kappa shape index (κ2) is 23.2. The molecule has 1 unspecified atom stereocenters. The Morgan fingerprint density at radius 1 is 0.344 bits per heavy atom. The summed E-state index contributed by atoms with van der Waals surface area (Å²) in [5.74, 6) is 8.38. The number of rotatable bonds is 0. The van der Waals surface area contributed by atoms with Gasteiger partial charge in [-0.25, -0.2) is 0 Å². The standard InChI is InChI=1S/2C11H14O.C10H12O.2C9H10O.C8H8O/c2*1-8-3-4-10-9(2)5-6-12-11(10)7-8;1-7-3-4-9-8(2)6-11-10(9)5-7;2*1-2-6-9-8(4-1)5-3-7-10-9;1-2-4-8-7(3-1)5-6-9-8/h2*3-4,7,9H,5-6H2,1-2H3;3-5,8H,6H2,1-2H3;2*1-2,4,6H,3,5,7H2;1-4H,5-6H2/t9-;;8-;;;/m1.1.../s1. The zero-order valence-corrected chi connectivity index (χ0v) is 39.0. The van der Waals surface area contributed by atoms with E-state index in [1.807, 2.05) is 42.5 Å². The first kappa shape index (κ1) is 46.1. The van der Waals surface area contributed by atoms with E-state index in [4.69, 9.17) is 28.4 Å². The van der Waals surface area contributed by atoms with Gasteiger partial charge in [-0.05, 0) is 152 Å². The van der Waals surface area contributed by atoms with Crippen LogP contribution >= 0.6 is 0 Å². The van der Waals surface area contributed by atoms with E-state index in [-0.39, 0.29) is 0 Å². The third-order valence-corrected chi connectivity index (χ3v) is 12.4. The van der Waals surface area contributed by atoms with Gasteiger partial charge in [0.25, 0.3) is 0 Å². The zero-order chi connectivity index (χ0) is 44.7. The average Bonchev–Trinajstić information content (AvgIpc) is 3.96. The van der Waals surface area contributed by atoms with Crippen LogP contribution < -0.4 is 28.4 Å². The summed E-state index contributed by atoms with van der Waals surface area (Å²) < 4.78 is 32.8. The molecule has 0 aromatic heterocycles. The molecule has 64 heavy (non-hydrogen) atoms. The Morgan fingerprint density at radius 2 is 0.703 bits per heavy atom. The summed E-state index contributed by atoms with van der Waals surface area (Å²) in [5, 5.41) is 0. The molecule has 0 amide bonds. The zero-order valence-electron chi connectivity index (χ0n) is 39.0. The molecule has 6 heteroatoms. The van der Waals surface area contributed by atoms with Gasteiger partial charge in [-0.2, -0.15) is 0 Å². The second-order valence-electron chi connectivity index (χ2n) is 17.7. The van der Waals surface area contributed by atoms with Gasteiger partial charge in [-0.1, -0.05) is 112 Å². The molecule has 3 atom stereocenters. The summed E-state index contributed by atoms with van der Waals surface area (Å²) in [6, 6.07) is 44.1. The maximum absolute atomic E-state index is 5.57. The molecule has 6 aliphatic heterocycles. The third-order valence-electron chi connectivity index (χ3n) is 12.4. The minimum absolute atomic E-state index is 0.575. The van der Waals surface area contributed by atoms with Crippen molar-refractivity contribution in [1.29, 1.82) is 0 Å². The predicted molar refractivity (Wildman–Crippen MR) is 261 cm³/mol. The van der Waals surface area contributed by atoms with Gasteiger partial charge >= 0.3 is 0 Å². The number of fused-ring (bicyclic) bond motifs is 6. The Kier molecular flexibility index (Phi) is 16.7. The molecule has 6 aromatic carbocycles. The minimum Gasteiger partial charge on any atom is -0.493 e. The van der Waals surface area contributed by atoms with E-state index in [2.05, 4.69) is 126 Å². The van der Waals surface area contributed by atoms with E-state index in [9.17, 15) is 0 Å². The van der Waals surface area contributed by atoms with E-state index >= 15 is 0 Å². The van der Waals surface area contributed by atoms with E-state index in [1.54, 1.807) is 0 Å². The first-order valence-corrected chi connectivity index (χ1v) is 23.5. The number of benzene rings is 6. The fraction of sp³-hybridized carbons (Fsp3) is 0.379. The van der Waals surface area contributed by atoms with Crippen LogP contribution in [-0.2, 0) is 19.3 Å². The highest BCUT2D eigenvalue weighted by Gasteiger charge is 2.20. The molecular weight excluding hydrogens is 793 g/mol. The van der Waals surface area contributed by atoms with Gasteiger partial charge in [0.05, 0.1) is 39.6 Å². The fourth-order valence-corrected chi connectivity index (χ4v) is 8.54. The van der Waals surface area contributed by atoms with Crippen LogP contribution in [0.15, 0.2) is 127 Å². The van der Waals surface area contributed by atoms with Gasteiger partial charge in [0.2, 0.25) is 0 Å². The minimum atomic E-state index is 0.575. The van der Waals surface area contributed by atoms with Gasteiger partial charge in [-0.15, -0.1) is 0 Å². The number of para-hydroxylation sites is 3. The Morgan fingerprint density at radius 3 is 1.12 bits per heavy atom. The smallest absolute Gasteiger partial charge is 0.123 e. The van der Waals surface area contributed by atoms with Crippen molar-refractivity contribution < 1.29 is 28.4 Å². The number of aryl methyl sites for hydroxylation is 5. The van der Waals surface area contributed by atoms with Crippen LogP contribution in [0.4, 0.5) is 0 Å². The predicted octanol–water partition coefficient (Wildman–Crippen LogP) is 13.9. The molecule has 336 valence electrons. The maximum atomic E-state index is 5.57. The van der Waals surface area contributed by atoms with Gasteiger partial charge in [0.15, 0.2) is 0 Å². The van der Waals surface area contributed by atoms with Crippen LogP contribution in [0.2, 0.25) is 0 Å². The van der Waals surface area contributed by atoms with Gasteiger partial charge in [0, 0.05) is 17.9 Å². The molecule has 12 rings (SSSR count). The summed E-state index contributed by atoms with van der Waals surface area (Å²) in [4.78, 5) is 0. The molecule has 0 N–H and O–H groups in total. The van der Waals surface area contributed by atoms with E-state index in [0.29, 0.717) is 17.8 Å².